The van der Waals surface area contributed by atoms with Gasteiger partial charge in [0.05, 0.1) is 18.1 Å². The van der Waals surface area contributed by atoms with Crippen LogP contribution in [-0.4, -0.2) is 69.1 Å². The van der Waals surface area contributed by atoms with Gasteiger partial charge in [-0.15, -0.1) is 11.8 Å². The van der Waals surface area contributed by atoms with Crippen LogP contribution in [0.5, 0.6) is 0 Å². The molecule has 1 aromatic carbocycles. The Morgan fingerprint density at radius 2 is 2.13 bits per heavy atom. The Morgan fingerprint density at radius 3 is 2.97 bits per heavy atom. The van der Waals surface area contributed by atoms with Crippen LogP contribution >= 0.6 is 11.8 Å². The van der Waals surface area contributed by atoms with Crippen molar-refractivity contribution < 1.29 is 0 Å². The highest BCUT2D eigenvalue weighted by Gasteiger charge is 2.24. The fourth-order valence-electron chi connectivity index (χ4n) is 3.76. The van der Waals surface area contributed by atoms with Crippen LogP contribution in [0.1, 0.15) is 13.3 Å². The molecule has 1 fully saturated rings. The van der Waals surface area contributed by atoms with E-state index in [9.17, 15) is 0 Å². The van der Waals surface area contributed by atoms with Gasteiger partial charge in [-0.25, -0.2) is 9.97 Å². The summed E-state index contributed by atoms with van der Waals surface area (Å²) in [5.41, 5.74) is 0.825. The molecule has 1 aliphatic rings. The van der Waals surface area contributed by atoms with E-state index in [-0.39, 0.29) is 0 Å². The Balaban J connectivity index is 1.29. The van der Waals surface area contributed by atoms with Crippen molar-refractivity contribution in [3.8, 4) is 0 Å². The number of guanidine groups is 1. The summed E-state index contributed by atoms with van der Waals surface area (Å²) in [4.78, 5) is 17.2. The van der Waals surface area contributed by atoms with Crippen LogP contribution in [0, 0.1) is 5.92 Å². The van der Waals surface area contributed by atoms with E-state index in [1.54, 1.807) is 17.2 Å². The fourth-order valence-corrected chi connectivity index (χ4v) is 4.81. The standard InChI is InChI=1S/C22H30N8S/c1-3-23-22(30-12-9-17(14-30)15-31-18-7-5-4-6-8-18)25-11-10-24-20-19-13-28-29(2)21(19)27-16-26-20/h4-8,13,16-17H,3,9-12,14-15H2,1-2H3,(H,23,25)(H,24,26,27). The molecule has 1 saturated heterocycles. The van der Waals surface area contributed by atoms with Crippen molar-refractivity contribution in [1.82, 2.24) is 30.0 Å². The molecular weight excluding hydrogens is 408 g/mol. The van der Waals surface area contributed by atoms with Crippen LogP contribution in [0.15, 0.2) is 52.7 Å². The molecule has 8 nitrogen and oxygen atoms in total. The van der Waals surface area contributed by atoms with Crippen LogP contribution in [0.3, 0.4) is 0 Å². The predicted octanol–water partition coefficient (Wildman–Crippen LogP) is 2.85. The number of aryl methyl sites for hydroxylation is 1. The average Bonchev–Trinajstić information content (AvgIpc) is 3.43. The lowest BCUT2D eigenvalue weighted by Gasteiger charge is -2.21. The van der Waals surface area contributed by atoms with Gasteiger partial charge < -0.3 is 15.5 Å². The minimum atomic E-state index is 0.675. The summed E-state index contributed by atoms with van der Waals surface area (Å²) >= 11 is 1.95. The molecule has 4 rings (SSSR count). The SMILES string of the molecule is CCNC(=NCCNc1ncnc2c1cnn2C)N1CCC(CSc2ccccc2)C1. The molecule has 0 aliphatic carbocycles. The second kappa shape index (κ2) is 10.5. The van der Waals surface area contributed by atoms with Gasteiger partial charge in [-0.3, -0.25) is 9.67 Å². The van der Waals surface area contributed by atoms with Gasteiger partial charge in [0.25, 0.3) is 0 Å². The highest BCUT2D eigenvalue weighted by atomic mass is 32.2. The third-order valence-corrected chi connectivity index (χ3v) is 6.59. The molecule has 0 saturated carbocycles. The number of anilines is 1. The third-order valence-electron chi connectivity index (χ3n) is 5.34. The van der Waals surface area contributed by atoms with Crippen molar-refractivity contribution in [2.24, 2.45) is 18.0 Å². The fraction of sp³-hybridized carbons (Fsp3) is 0.455. The minimum absolute atomic E-state index is 0.675. The smallest absolute Gasteiger partial charge is 0.193 e. The lowest BCUT2D eigenvalue weighted by Crippen LogP contribution is -2.40. The second-order valence-corrected chi connectivity index (χ2v) is 8.71. The van der Waals surface area contributed by atoms with Crippen molar-refractivity contribution >= 4 is 34.6 Å². The Kier molecular flexibility index (Phi) is 7.24. The summed E-state index contributed by atoms with van der Waals surface area (Å²) in [7, 11) is 1.88. The molecule has 0 radical (unpaired) electrons. The van der Waals surface area contributed by atoms with Crippen LogP contribution in [0.4, 0.5) is 5.82 Å². The normalized spacial score (nSPS) is 16.8. The Hall–Kier alpha value is -2.81. The molecule has 1 atom stereocenters. The molecular formula is C22H30N8S. The minimum Gasteiger partial charge on any atom is -0.367 e. The number of benzene rings is 1. The zero-order valence-corrected chi connectivity index (χ0v) is 19.0. The van der Waals surface area contributed by atoms with E-state index in [0.717, 1.165) is 48.2 Å². The van der Waals surface area contributed by atoms with E-state index in [1.165, 1.54) is 11.3 Å². The van der Waals surface area contributed by atoms with Gasteiger partial charge in [-0.1, -0.05) is 18.2 Å². The van der Waals surface area contributed by atoms with Crippen molar-refractivity contribution in [1.29, 1.82) is 0 Å². The summed E-state index contributed by atoms with van der Waals surface area (Å²) in [6.45, 7) is 6.48. The first-order valence-corrected chi connectivity index (χ1v) is 11.8. The zero-order chi connectivity index (χ0) is 21.5. The molecule has 2 aromatic heterocycles. The van der Waals surface area contributed by atoms with E-state index in [0.29, 0.717) is 19.0 Å². The number of aliphatic imine (C=N–C) groups is 1. The number of likely N-dealkylation sites (tertiary alicyclic amines) is 1. The lowest BCUT2D eigenvalue weighted by atomic mass is 10.2. The van der Waals surface area contributed by atoms with Crippen LogP contribution < -0.4 is 10.6 Å². The van der Waals surface area contributed by atoms with Crippen LogP contribution in [0.2, 0.25) is 0 Å². The van der Waals surface area contributed by atoms with Crippen molar-refractivity contribution in [2.45, 2.75) is 18.2 Å². The largest absolute Gasteiger partial charge is 0.367 e. The number of rotatable bonds is 8. The molecule has 3 aromatic rings. The summed E-state index contributed by atoms with van der Waals surface area (Å²) in [5.74, 6) is 3.64. The summed E-state index contributed by atoms with van der Waals surface area (Å²) in [6, 6.07) is 10.7. The number of hydrogen-bond donors (Lipinski definition) is 2. The lowest BCUT2D eigenvalue weighted by molar-refractivity contribution is 0.475. The number of hydrogen-bond acceptors (Lipinski definition) is 6. The first-order valence-electron chi connectivity index (χ1n) is 10.8. The second-order valence-electron chi connectivity index (χ2n) is 7.61. The summed E-state index contributed by atoms with van der Waals surface area (Å²) in [5, 5.41) is 12.0. The van der Waals surface area contributed by atoms with E-state index >= 15 is 0 Å². The molecule has 164 valence electrons. The van der Waals surface area contributed by atoms with Gasteiger partial charge in [0.2, 0.25) is 0 Å². The van der Waals surface area contributed by atoms with Gasteiger partial charge in [0.1, 0.15) is 12.1 Å². The van der Waals surface area contributed by atoms with E-state index in [1.807, 2.05) is 18.8 Å². The summed E-state index contributed by atoms with van der Waals surface area (Å²) < 4.78 is 1.75. The predicted molar refractivity (Wildman–Crippen MR) is 128 cm³/mol. The van der Waals surface area contributed by atoms with Gasteiger partial charge in [0, 0.05) is 43.9 Å². The van der Waals surface area contributed by atoms with E-state index in [4.69, 9.17) is 4.99 Å². The highest BCUT2D eigenvalue weighted by Crippen LogP contribution is 2.26. The first-order chi connectivity index (χ1) is 15.2. The zero-order valence-electron chi connectivity index (χ0n) is 18.2. The van der Waals surface area contributed by atoms with Gasteiger partial charge in [-0.05, 0) is 31.4 Å². The van der Waals surface area contributed by atoms with E-state index in [2.05, 4.69) is 67.9 Å². The number of nitrogens with zero attached hydrogens (tertiary/aromatic N) is 6. The Bertz CT molecular complexity index is 1000. The molecule has 3 heterocycles. The monoisotopic (exact) mass is 438 g/mol. The first kappa shape index (κ1) is 21.4. The van der Waals surface area contributed by atoms with Crippen molar-refractivity contribution in [2.75, 3.05) is 43.8 Å². The third kappa shape index (κ3) is 5.46. The van der Waals surface area contributed by atoms with Crippen LogP contribution in [0.25, 0.3) is 11.0 Å². The molecule has 0 spiro atoms. The maximum Gasteiger partial charge on any atom is 0.193 e. The molecule has 31 heavy (non-hydrogen) atoms. The molecule has 0 amide bonds. The van der Waals surface area contributed by atoms with Gasteiger partial charge >= 0.3 is 0 Å². The van der Waals surface area contributed by atoms with Crippen molar-refractivity contribution in [3.63, 3.8) is 0 Å². The number of nitrogens with one attached hydrogen (secondary N) is 2. The van der Waals surface area contributed by atoms with Crippen molar-refractivity contribution in [3.05, 3.63) is 42.9 Å². The molecule has 1 aliphatic heterocycles. The number of aromatic nitrogens is 4. The maximum atomic E-state index is 4.85. The molecule has 0 bridgehead atoms. The molecule has 2 N–H and O–H groups in total. The Morgan fingerprint density at radius 1 is 1.26 bits per heavy atom. The molecule has 1 unspecified atom stereocenters. The number of fused-ring (bicyclic) bond motifs is 1. The average molecular weight is 439 g/mol. The highest BCUT2D eigenvalue weighted by molar-refractivity contribution is 7.99. The summed E-state index contributed by atoms with van der Waals surface area (Å²) in [6.07, 6.45) is 4.57. The quantitative estimate of drug-likeness (QED) is 0.242. The maximum absolute atomic E-state index is 4.85. The number of thioether (sulfide) groups is 1. The van der Waals surface area contributed by atoms with E-state index < -0.39 is 0 Å². The van der Waals surface area contributed by atoms with Gasteiger partial charge in [-0.2, -0.15) is 5.10 Å². The van der Waals surface area contributed by atoms with Gasteiger partial charge in [0.15, 0.2) is 11.6 Å². The molecule has 9 heteroatoms. The Labute approximate surface area is 187 Å². The topological polar surface area (TPSA) is 83.3 Å². The van der Waals surface area contributed by atoms with Crippen LogP contribution in [-0.2, 0) is 7.05 Å².